The third-order valence-electron chi connectivity index (χ3n) is 12.3. The third-order valence-corrected chi connectivity index (χ3v) is 12.3. The Kier molecular flexibility index (Phi) is 6.98. The highest BCUT2D eigenvalue weighted by Gasteiger charge is 2.20. The molecule has 0 saturated carbocycles. The van der Waals surface area contributed by atoms with Crippen LogP contribution in [0.3, 0.4) is 0 Å². The first-order chi connectivity index (χ1) is 29.7. The van der Waals surface area contributed by atoms with Crippen molar-refractivity contribution < 1.29 is 8.83 Å². The second kappa shape index (κ2) is 12.7. The molecule has 13 rings (SSSR count). The van der Waals surface area contributed by atoms with Gasteiger partial charge in [-0.15, -0.1) is 0 Å². The Morgan fingerprint density at radius 1 is 0.267 bits per heavy atom. The zero-order valence-corrected chi connectivity index (χ0v) is 32.3. The largest absolute Gasteiger partial charge is 0.456 e. The Balaban J connectivity index is 0.868. The van der Waals surface area contributed by atoms with Crippen LogP contribution in [0, 0.1) is 0 Å². The summed E-state index contributed by atoms with van der Waals surface area (Å²) in [5.41, 5.74) is 16.2. The number of rotatable bonds is 5. The summed E-state index contributed by atoms with van der Waals surface area (Å²) < 4.78 is 17.5. The minimum atomic E-state index is 0.871. The van der Waals surface area contributed by atoms with Crippen LogP contribution in [-0.4, -0.2) is 9.13 Å². The number of fused-ring (bicyclic) bond motifs is 11. The van der Waals surface area contributed by atoms with Crippen molar-refractivity contribution in [3.63, 3.8) is 0 Å². The van der Waals surface area contributed by atoms with Gasteiger partial charge in [-0.1, -0.05) is 127 Å². The Morgan fingerprint density at radius 3 is 1.63 bits per heavy atom. The molecule has 4 nitrogen and oxygen atoms in total. The molecule has 0 amide bonds. The second-order valence-corrected chi connectivity index (χ2v) is 15.7. The summed E-state index contributed by atoms with van der Waals surface area (Å²) in [7, 11) is 0. The maximum absolute atomic E-state index is 6.59. The molecule has 0 unspecified atom stereocenters. The molecule has 0 bridgehead atoms. The van der Waals surface area contributed by atoms with Gasteiger partial charge < -0.3 is 13.4 Å². The maximum atomic E-state index is 6.59. The van der Waals surface area contributed by atoms with Crippen LogP contribution in [0.15, 0.2) is 215 Å². The van der Waals surface area contributed by atoms with E-state index in [0.717, 1.165) is 77.6 Å². The monoisotopic (exact) mass is 766 g/mol. The van der Waals surface area contributed by atoms with Crippen LogP contribution in [0.25, 0.3) is 121 Å². The van der Waals surface area contributed by atoms with Gasteiger partial charge in [0, 0.05) is 43.7 Å². The van der Waals surface area contributed by atoms with E-state index >= 15 is 0 Å². The molecule has 0 radical (unpaired) electrons. The Bertz CT molecular complexity index is 3820. The predicted molar refractivity (Wildman–Crippen MR) is 248 cm³/mol. The smallest absolute Gasteiger partial charge is 0.213 e. The molecule has 4 aromatic heterocycles. The molecule has 0 aliphatic rings. The van der Waals surface area contributed by atoms with Crippen molar-refractivity contribution in [1.29, 1.82) is 0 Å². The van der Waals surface area contributed by atoms with Crippen LogP contribution in [-0.2, 0) is 0 Å². The summed E-state index contributed by atoms with van der Waals surface area (Å²) in [6, 6.07) is 73.8. The Labute approximate surface area is 344 Å². The molecule has 0 aliphatic carbocycles. The summed E-state index contributed by atoms with van der Waals surface area (Å²) in [6.45, 7) is 0. The van der Waals surface area contributed by atoms with Gasteiger partial charge in [-0.2, -0.15) is 0 Å². The van der Waals surface area contributed by atoms with Crippen molar-refractivity contribution in [1.82, 2.24) is 9.13 Å². The quantitative estimate of drug-likeness (QED) is 0.175. The number of hydrogen-bond acceptors (Lipinski definition) is 2. The summed E-state index contributed by atoms with van der Waals surface area (Å²) >= 11 is 0. The van der Waals surface area contributed by atoms with E-state index < -0.39 is 0 Å². The molecule has 0 saturated heterocycles. The van der Waals surface area contributed by atoms with Gasteiger partial charge in [0.1, 0.15) is 16.7 Å². The molecule has 0 N–H and O–H groups in total. The molecule has 280 valence electrons. The molecule has 9 aromatic carbocycles. The molecule has 4 heterocycles. The molecular formula is C56H34N2O2. The van der Waals surface area contributed by atoms with Gasteiger partial charge in [-0.05, 0) is 112 Å². The second-order valence-electron chi connectivity index (χ2n) is 15.7. The van der Waals surface area contributed by atoms with Gasteiger partial charge >= 0.3 is 0 Å². The number of aromatic nitrogens is 2. The van der Waals surface area contributed by atoms with Crippen molar-refractivity contribution in [2.75, 3.05) is 0 Å². The lowest BCUT2D eigenvalue weighted by Gasteiger charge is -2.11. The highest BCUT2D eigenvalue weighted by atomic mass is 16.3. The number of nitrogens with zero attached hydrogens (tertiary/aromatic N) is 2. The minimum absolute atomic E-state index is 0.871. The lowest BCUT2D eigenvalue weighted by atomic mass is 9.98. The SMILES string of the molecule is c1ccc(-n2c3ccccc3c3c4cc(-c5ccc(-c6ccc7c(c6)c6ccccc6n7-c6cccc(-c7ccc8c(c7)oc7ccccc78)c6)cc5)ccc4oc32)cc1. The van der Waals surface area contributed by atoms with Gasteiger partial charge in [0.15, 0.2) is 0 Å². The van der Waals surface area contributed by atoms with E-state index in [1.807, 2.05) is 18.2 Å². The van der Waals surface area contributed by atoms with Gasteiger partial charge in [-0.3, -0.25) is 4.57 Å². The lowest BCUT2D eigenvalue weighted by molar-refractivity contribution is 0.645. The minimum Gasteiger partial charge on any atom is -0.456 e. The molecule has 0 aliphatic heterocycles. The molecule has 0 atom stereocenters. The topological polar surface area (TPSA) is 36.1 Å². The van der Waals surface area contributed by atoms with Crippen LogP contribution < -0.4 is 0 Å². The number of para-hydroxylation sites is 4. The summed E-state index contributed by atoms with van der Waals surface area (Å²) in [4.78, 5) is 0. The maximum Gasteiger partial charge on any atom is 0.213 e. The van der Waals surface area contributed by atoms with Crippen LogP contribution in [0.5, 0.6) is 0 Å². The van der Waals surface area contributed by atoms with Crippen LogP contribution in [0.4, 0.5) is 0 Å². The fraction of sp³-hybridized carbons (Fsp3) is 0. The van der Waals surface area contributed by atoms with Crippen LogP contribution in [0.2, 0.25) is 0 Å². The van der Waals surface area contributed by atoms with Crippen molar-refractivity contribution in [2.24, 2.45) is 0 Å². The Morgan fingerprint density at radius 2 is 0.817 bits per heavy atom. The average Bonchev–Trinajstić information content (AvgIpc) is 4.06. The third kappa shape index (κ3) is 4.91. The van der Waals surface area contributed by atoms with Crippen molar-refractivity contribution in [2.45, 2.75) is 0 Å². The zero-order chi connectivity index (χ0) is 39.3. The summed E-state index contributed by atoms with van der Waals surface area (Å²) in [6.07, 6.45) is 0. The molecular weight excluding hydrogens is 733 g/mol. The molecule has 4 heteroatoms. The van der Waals surface area contributed by atoms with Crippen molar-refractivity contribution in [3.05, 3.63) is 206 Å². The highest BCUT2D eigenvalue weighted by Crippen LogP contribution is 2.41. The van der Waals surface area contributed by atoms with E-state index in [2.05, 4.69) is 197 Å². The standard InChI is InChI=1S/C56H34N2O2/c1-2-12-41(13-3-1)58-50-19-8-5-17-46(50)55-48-33-39(27-30-53(48)60-56(55)58)36-23-21-35(22-24-36)38-26-29-51-47(32-38)43-15-4-7-18-49(43)57(51)42-14-10-11-37(31-42)40-25-28-45-44-16-6-9-20-52(44)59-54(45)34-40/h1-34H. The predicted octanol–water partition coefficient (Wildman–Crippen LogP) is 15.5. The fourth-order valence-electron chi connectivity index (χ4n) is 9.52. The van der Waals surface area contributed by atoms with E-state index in [4.69, 9.17) is 8.83 Å². The first kappa shape index (κ1) is 32.9. The molecule has 0 spiro atoms. The van der Waals surface area contributed by atoms with Gasteiger partial charge in [0.25, 0.3) is 0 Å². The normalized spacial score (nSPS) is 12.0. The fourth-order valence-corrected chi connectivity index (χ4v) is 9.52. The number of benzene rings is 9. The first-order valence-electron chi connectivity index (χ1n) is 20.4. The van der Waals surface area contributed by atoms with Crippen LogP contribution in [0.1, 0.15) is 0 Å². The van der Waals surface area contributed by atoms with Gasteiger partial charge in [0.2, 0.25) is 5.71 Å². The average molecular weight is 767 g/mol. The van der Waals surface area contributed by atoms with E-state index in [1.165, 1.54) is 43.9 Å². The number of hydrogen-bond donors (Lipinski definition) is 0. The van der Waals surface area contributed by atoms with Gasteiger partial charge in [-0.25, -0.2) is 0 Å². The summed E-state index contributed by atoms with van der Waals surface area (Å²) in [5, 5.41) is 8.20. The van der Waals surface area contributed by atoms with E-state index in [1.54, 1.807) is 0 Å². The van der Waals surface area contributed by atoms with Crippen molar-refractivity contribution in [3.8, 4) is 44.8 Å². The van der Waals surface area contributed by atoms with E-state index in [-0.39, 0.29) is 0 Å². The summed E-state index contributed by atoms with van der Waals surface area (Å²) in [5.74, 6) is 0. The Hall–Kier alpha value is -8.08. The van der Waals surface area contributed by atoms with Crippen molar-refractivity contribution >= 4 is 76.7 Å². The highest BCUT2D eigenvalue weighted by molar-refractivity contribution is 6.20. The molecule has 0 fully saturated rings. The first-order valence-corrected chi connectivity index (χ1v) is 20.4. The zero-order valence-electron chi connectivity index (χ0n) is 32.3. The molecule has 13 aromatic rings. The van der Waals surface area contributed by atoms with Gasteiger partial charge in [0.05, 0.1) is 21.9 Å². The van der Waals surface area contributed by atoms with E-state index in [9.17, 15) is 0 Å². The molecule has 60 heavy (non-hydrogen) atoms. The lowest BCUT2D eigenvalue weighted by Crippen LogP contribution is -1.94. The van der Waals surface area contributed by atoms with Crippen LogP contribution >= 0.6 is 0 Å². The number of furan rings is 2. The van der Waals surface area contributed by atoms with E-state index in [0.29, 0.717) is 0 Å².